The zero-order valence-electron chi connectivity index (χ0n) is 12.1. The van der Waals surface area contributed by atoms with Crippen LogP contribution in [-0.2, 0) is 0 Å². The van der Waals surface area contributed by atoms with Crippen LogP contribution in [0.2, 0.25) is 0 Å². The summed E-state index contributed by atoms with van der Waals surface area (Å²) in [6.45, 7) is 0.176. The lowest BCUT2D eigenvalue weighted by molar-refractivity contribution is 0.322. The molecule has 3 heteroatoms. The van der Waals surface area contributed by atoms with Gasteiger partial charge in [0.25, 0.3) is 0 Å². The molecule has 0 radical (unpaired) electrons. The van der Waals surface area contributed by atoms with Crippen LogP contribution in [-0.4, -0.2) is 24.6 Å². The van der Waals surface area contributed by atoms with Crippen molar-refractivity contribution < 1.29 is 9.84 Å². The van der Waals surface area contributed by atoms with Gasteiger partial charge < -0.3 is 9.84 Å². The molecule has 1 unspecified atom stereocenters. The van der Waals surface area contributed by atoms with Crippen molar-refractivity contribution in [3.63, 3.8) is 0 Å². The van der Waals surface area contributed by atoms with Gasteiger partial charge in [-0.05, 0) is 11.6 Å². The lowest BCUT2D eigenvalue weighted by Crippen LogP contribution is -1.98. The van der Waals surface area contributed by atoms with Crippen molar-refractivity contribution in [2.24, 2.45) is 0 Å². The number of ether oxygens (including phenoxy) is 1. The van der Waals surface area contributed by atoms with E-state index in [1.54, 1.807) is 18.9 Å². The summed E-state index contributed by atoms with van der Waals surface area (Å²) in [6.07, 6.45) is 4.27. The van der Waals surface area contributed by atoms with Crippen LogP contribution in [0.1, 0.15) is 16.4 Å². The van der Waals surface area contributed by atoms with Crippen molar-refractivity contribution in [1.29, 1.82) is 0 Å². The third kappa shape index (κ3) is 4.66. The molecule has 2 rings (SSSR count). The minimum Gasteiger partial charge on any atom is -0.496 e. The fourth-order valence-electron chi connectivity index (χ4n) is 2.09. The van der Waals surface area contributed by atoms with E-state index in [-0.39, 0.29) is 11.9 Å². The van der Waals surface area contributed by atoms with Crippen molar-refractivity contribution in [3.8, 4) is 5.75 Å². The molecule has 0 aliphatic rings. The molecule has 0 heterocycles. The number of hydrogen-bond acceptors (Lipinski definition) is 3. The number of benzene rings is 2. The van der Waals surface area contributed by atoms with Gasteiger partial charge in [0, 0.05) is 11.3 Å². The van der Waals surface area contributed by atoms with Crippen molar-refractivity contribution in [2.45, 2.75) is 5.25 Å². The molecule has 0 saturated heterocycles. The molecule has 0 bridgehead atoms. The van der Waals surface area contributed by atoms with E-state index in [2.05, 4.69) is 30.4 Å². The van der Waals surface area contributed by atoms with Gasteiger partial charge in [0.1, 0.15) is 5.75 Å². The average molecular weight is 300 g/mol. The van der Waals surface area contributed by atoms with E-state index in [1.165, 1.54) is 5.56 Å². The van der Waals surface area contributed by atoms with Crippen LogP contribution >= 0.6 is 11.8 Å². The topological polar surface area (TPSA) is 29.5 Å². The summed E-state index contributed by atoms with van der Waals surface area (Å²) in [6, 6.07) is 18.2. The second-order valence-corrected chi connectivity index (χ2v) is 5.78. The van der Waals surface area contributed by atoms with E-state index in [9.17, 15) is 0 Å². The van der Waals surface area contributed by atoms with Crippen molar-refractivity contribution >= 4 is 17.8 Å². The highest BCUT2D eigenvalue weighted by Gasteiger charge is 2.13. The molecule has 2 nitrogen and oxygen atoms in total. The molecule has 2 aromatic carbocycles. The number of methoxy groups -OCH3 is 1. The lowest BCUT2D eigenvalue weighted by Gasteiger charge is -2.16. The SMILES string of the molecule is COc1ccccc1C(/C=C/c1ccccc1)SCCO. The fraction of sp³-hybridized carbons (Fsp3) is 0.222. The molecule has 2 aromatic rings. The van der Waals surface area contributed by atoms with Gasteiger partial charge >= 0.3 is 0 Å². The summed E-state index contributed by atoms with van der Waals surface area (Å²) in [5.41, 5.74) is 2.30. The first kappa shape index (κ1) is 15.7. The predicted octanol–water partition coefficient (Wildman–Crippen LogP) is 4.18. The number of aliphatic hydroxyl groups is 1. The van der Waals surface area contributed by atoms with Crippen LogP contribution < -0.4 is 4.74 Å². The normalized spacial score (nSPS) is 12.5. The quantitative estimate of drug-likeness (QED) is 0.832. The highest BCUT2D eigenvalue weighted by Crippen LogP contribution is 2.36. The summed E-state index contributed by atoms with van der Waals surface area (Å²) in [7, 11) is 1.69. The Bertz CT molecular complexity index is 566. The largest absolute Gasteiger partial charge is 0.496 e. The molecule has 1 atom stereocenters. The second-order valence-electron chi connectivity index (χ2n) is 4.53. The van der Waals surface area contributed by atoms with Crippen LogP contribution in [0, 0.1) is 0 Å². The van der Waals surface area contributed by atoms with Gasteiger partial charge in [-0.1, -0.05) is 60.7 Å². The van der Waals surface area contributed by atoms with Crippen LogP contribution in [0.25, 0.3) is 6.08 Å². The first-order chi connectivity index (χ1) is 10.3. The first-order valence-electron chi connectivity index (χ1n) is 6.94. The molecule has 21 heavy (non-hydrogen) atoms. The zero-order chi connectivity index (χ0) is 14.9. The van der Waals surface area contributed by atoms with E-state index in [0.29, 0.717) is 5.75 Å². The van der Waals surface area contributed by atoms with E-state index < -0.39 is 0 Å². The van der Waals surface area contributed by atoms with E-state index >= 15 is 0 Å². The molecule has 0 aliphatic carbocycles. The lowest BCUT2D eigenvalue weighted by atomic mass is 10.1. The molecular formula is C18H20O2S. The summed E-state index contributed by atoms with van der Waals surface area (Å²) in [5.74, 6) is 1.58. The van der Waals surface area contributed by atoms with Gasteiger partial charge in [0.05, 0.1) is 19.0 Å². The Morgan fingerprint density at radius 3 is 2.52 bits per heavy atom. The molecule has 0 aliphatic heterocycles. The molecular weight excluding hydrogens is 280 g/mol. The number of aliphatic hydroxyl groups excluding tert-OH is 1. The number of hydrogen-bond donors (Lipinski definition) is 1. The van der Waals surface area contributed by atoms with E-state index in [4.69, 9.17) is 9.84 Å². The summed E-state index contributed by atoms with van der Waals surface area (Å²) >= 11 is 1.71. The van der Waals surface area contributed by atoms with Gasteiger partial charge in [-0.2, -0.15) is 0 Å². The highest BCUT2D eigenvalue weighted by molar-refractivity contribution is 7.99. The fourth-order valence-corrected chi connectivity index (χ4v) is 3.02. The second kappa shape index (κ2) is 8.55. The average Bonchev–Trinajstić information content (AvgIpc) is 2.56. The van der Waals surface area contributed by atoms with Crippen molar-refractivity contribution in [3.05, 3.63) is 71.8 Å². The maximum absolute atomic E-state index is 9.10. The molecule has 0 saturated carbocycles. The number of para-hydroxylation sites is 1. The van der Waals surface area contributed by atoms with Crippen LogP contribution in [0.5, 0.6) is 5.75 Å². The van der Waals surface area contributed by atoms with Gasteiger partial charge in [0.15, 0.2) is 0 Å². The monoisotopic (exact) mass is 300 g/mol. The highest BCUT2D eigenvalue weighted by atomic mass is 32.2. The van der Waals surface area contributed by atoms with Gasteiger partial charge in [-0.15, -0.1) is 11.8 Å². The molecule has 0 fully saturated rings. The Morgan fingerprint density at radius 1 is 1.10 bits per heavy atom. The smallest absolute Gasteiger partial charge is 0.123 e. The van der Waals surface area contributed by atoms with Crippen LogP contribution in [0.4, 0.5) is 0 Å². The Morgan fingerprint density at radius 2 is 1.81 bits per heavy atom. The van der Waals surface area contributed by atoms with Gasteiger partial charge in [0.2, 0.25) is 0 Å². The minimum absolute atomic E-state index is 0.161. The van der Waals surface area contributed by atoms with Crippen molar-refractivity contribution in [1.82, 2.24) is 0 Å². The zero-order valence-corrected chi connectivity index (χ0v) is 12.9. The molecule has 0 spiro atoms. The molecule has 110 valence electrons. The van der Waals surface area contributed by atoms with Gasteiger partial charge in [-0.25, -0.2) is 0 Å². The van der Waals surface area contributed by atoms with Crippen molar-refractivity contribution in [2.75, 3.05) is 19.5 Å². The number of thioether (sulfide) groups is 1. The minimum atomic E-state index is 0.161. The third-order valence-corrected chi connectivity index (χ3v) is 4.29. The Hall–Kier alpha value is -1.71. The summed E-state index contributed by atoms with van der Waals surface area (Å²) < 4.78 is 5.45. The first-order valence-corrected chi connectivity index (χ1v) is 7.98. The maximum atomic E-state index is 9.10. The molecule has 0 aromatic heterocycles. The summed E-state index contributed by atoms with van der Waals surface area (Å²) in [4.78, 5) is 0. The van der Waals surface area contributed by atoms with E-state index in [1.807, 2.05) is 36.4 Å². The van der Waals surface area contributed by atoms with Crippen LogP contribution in [0.15, 0.2) is 60.7 Å². The molecule has 1 N–H and O–H groups in total. The third-order valence-electron chi connectivity index (χ3n) is 3.10. The van der Waals surface area contributed by atoms with Crippen LogP contribution in [0.3, 0.4) is 0 Å². The number of rotatable bonds is 7. The van der Waals surface area contributed by atoms with E-state index in [0.717, 1.165) is 11.3 Å². The predicted molar refractivity (Wildman–Crippen MR) is 90.8 cm³/mol. The maximum Gasteiger partial charge on any atom is 0.123 e. The standard InChI is InChI=1S/C18H20O2S/c1-20-17-10-6-5-9-16(17)18(21-14-13-19)12-11-15-7-3-2-4-8-15/h2-12,18-19H,13-14H2,1H3/b12-11+. The Balaban J connectivity index is 2.23. The Labute approximate surface area is 130 Å². The summed E-state index contributed by atoms with van der Waals surface area (Å²) in [5, 5.41) is 9.26. The van der Waals surface area contributed by atoms with Gasteiger partial charge in [-0.3, -0.25) is 0 Å². The Kier molecular flexibility index (Phi) is 6.38. The molecule has 0 amide bonds.